The Morgan fingerprint density at radius 1 is 1.21 bits per heavy atom. The van der Waals surface area contributed by atoms with Gasteiger partial charge in [-0.1, -0.05) is 49.0 Å². The summed E-state index contributed by atoms with van der Waals surface area (Å²) in [6, 6.07) is 15.6. The Bertz CT molecular complexity index is 1130. The van der Waals surface area contributed by atoms with Gasteiger partial charge in [0.05, 0.1) is 11.1 Å². The van der Waals surface area contributed by atoms with E-state index in [9.17, 15) is 10.1 Å². The maximum atomic E-state index is 11.4. The zero-order valence-electron chi connectivity index (χ0n) is 18.9. The lowest BCUT2D eigenvalue weighted by molar-refractivity contribution is -0.384. The zero-order valence-corrected chi connectivity index (χ0v) is 19.7. The van der Waals surface area contributed by atoms with Crippen LogP contribution in [-0.4, -0.2) is 38.6 Å². The molecule has 33 heavy (non-hydrogen) atoms. The predicted molar refractivity (Wildman–Crippen MR) is 132 cm³/mol. The molecule has 172 valence electrons. The van der Waals surface area contributed by atoms with Crippen LogP contribution in [0.3, 0.4) is 0 Å². The minimum Gasteiger partial charge on any atom is -0.368 e. The second-order valence-corrected chi connectivity index (χ2v) is 9.05. The molecule has 0 saturated carbocycles. The SMILES string of the molecule is CC[C@@H]1CCCCN1c1ccc([N+](=O)[O-])cc1/C=N\n1c(C)nnc1SCc1ccccc1. The molecule has 2 heterocycles. The Balaban J connectivity index is 1.64. The van der Waals surface area contributed by atoms with Crippen molar-refractivity contribution >= 4 is 29.4 Å². The molecule has 1 aromatic heterocycles. The zero-order chi connectivity index (χ0) is 23.2. The molecule has 2 aromatic carbocycles. The van der Waals surface area contributed by atoms with Gasteiger partial charge < -0.3 is 4.90 Å². The minimum absolute atomic E-state index is 0.0596. The first-order valence-electron chi connectivity index (χ1n) is 11.2. The van der Waals surface area contributed by atoms with Gasteiger partial charge in [0, 0.05) is 41.7 Å². The number of piperidine rings is 1. The van der Waals surface area contributed by atoms with Crippen molar-refractivity contribution < 1.29 is 4.92 Å². The minimum atomic E-state index is -0.361. The van der Waals surface area contributed by atoms with Crippen molar-refractivity contribution in [3.8, 4) is 0 Å². The molecule has 1 aliphatic rings. The van der Waals surface area contributed by atoms with Crippen molar-refractivity contribution in [1.82, 2.24) is 14.9 Å². The van der Waals surface area contributed by atoms with Crippen LogP contribution in [0.4, 0.5) is 11.4 Å². The number of hydrogen-bond donors (Lipinski definition) is 0. The molecule has 0 bridgehead atoms. The second-order valence-electron chi connectivity index (χ2n) is 8.11. The Morgan fingerprint density at radius 2 is 2.03 bits per heavy atom. The van der Waals surface area contributed by atoms with Gasteiger partial charge in [0.15, 0.2) is 5.82 Å². The van der Waals surface area contributed by atoms with Crippen molar-refractivity contribution in [2.24, 2.45) is 5.10 Å². The number of aryl methyl sites for hydroxylation is 1. The Hall–Kier alpha value is -3.20. The molecule has 3 aromatic rings. The molecule has 0 unspecified atom stereocenters. The molecule has 9 heteroatoms. The fourth-order valence-electron chi connectivity index (χ4n) is 4.17. The Morgan fingerprint density at radius 3 is 2.79 bits per heavy atom. The number of rotatable bonds is 8. The van der Waals surface area contributed by atoms with Gasteiger partial charge in [-0.25, -0.2) is 0 Å². The highest BCUT2D eigenvalue weighted by atomic mass is 32.2. The van der Waals surface area contributed by atoms with E-state index in [1.165, 1.54) is 12.0 Å². The van der Waals surface area contributed by atoms with Gasteiger partial charge >= 0.3 is 0 Å². The van der Waals surface area contributed by atoms with E-state index in [1.54, 1.807) is 34.8 Å². The summed E-state index contributed by atoms with van der Waals surface area (Å²) in [5.41, 5.74) is 2.97. The normalized spacial score (nSPS) is 16.4. The van der Waals surface area contributed by atoms with E-state index in [-0.39, 0.29) is 10.6 Å². The summed E-state index contributed by atoms with van der Waals surface area (Å²) in [6.07, 6.45) is 6.21. The molecule has 0 spiro atoms. The van der Waals surface area contributed by atoms with E-state index >= 15 is 0 Å². The number of nitrogens with zero attached hydrogens (tertiary/aromatic N) is 6. The number of nitro benzene ring substituents is 1. The third-order valence-electron chi connectivity index (χ3n) is 5.92. The van der Waals surface area contributed by atoms with Crippen molar-refractivity contribution in [2.45, 2.75) is 56.5 Å². The highest BCUT2D eigenvalue weighted by Gasteiger charge is 2.24. The van der Waals surface area contributed by atoms with Gasteiger partial charge in [0.1, 0.15) is 0 Å². The van der Waals surface area contributed by atoms with Crippen LogP contribution in [0.25, 0.3) is 0 Å². The lowest BCUT2D eigenvalue weighted by Gasteiger charge is -2.38. The number of hydrogen-bond acceptors (Lipinski definition) is 7. The molecule has 0 radical (unpaired) electrons. The van der Waals surface area contributed by atoms with Gasteiger partial charge in [-0.05, 0) is 44.2 Å². The first-order valence-corrected chi connectivity index (χ1v) is 12.2. The Labute approximate surface area is 197 Å². The standard InChI is InChI=1S/C24H28N6O2S/c1-3-21-11-7-8-14-28(21)23-13-12-22(30(31)32)15-20(23)16-25-29-18(2)26-27-24(29)33-17-19-9-5-4-6-10-19/h4-6,9-10,12-13,15-16,21H,3,7-8,11,14,17H2,1-2H3/b25-16-/t21-/m1/s1. The van der Waals surface area contributed by atoms with Gasteiger partial charge in [-0.3, -0.25) is 10.1 Å². The van der Waals surface area contributed by atoms with E-state index in [0.717, 1.165) is 42.8 Å². The quantitative estimate of drug-likeness (QED) is 0.191. The first-order chi connectivity index (χ1) is 16.1. The van der Waals surface area contributed by atoms with Crippen LogP contribution < -0.4 is 4.90 Å². The number of non-ortho nitro benzene ring substituents is 1. The summed E-state index contributed by atoms with van der Waals surface area (Å²) in [6.45, 7) is 4.99. The van der Waals surface area contributed by atoms with Gasteiger partial charge in [0.25, 0.3) is 5.69 Å². The summed E-state index contributed by atoms with van der Waals surface area (Å²) in [7, 11) is 0. The van der Waals surface area contributed by atoms with E-state index in [2.05, 4.69) is 39.3 Å². The van der Waals surface area contributed by atoms with Crippen molar-refractivity contribution in [3.63, 3.8) is 0 Å². The first kappa shape index (κ1) is 23.0. The molecule has 1 fully saturated rings. The summed E-state index contributed by atoms with van der Waals surface area (Å²) in [5, 5.41) is 25.2. The van der Waals surface area contributed by atoms with Crippen LogP contribution in [0.1, 0.15) is 49.6 Å². The summed E-state index contributed by atoms with van der Waals surface area (Å²) in [4.78, 5) is 13.5. The topological polar surface area (TPSA) is 89.5 Å². The summed E-state index contributed by atoms with van der Waals surface area (Å²) >= 11 is 1.56. The number of benzene rings is 2. The highest BCUT2D eigenvalue weighted by molar-refractivity contribution is 7.98. The lowest BCUT2D eigenvalue weighted by Crippen LogP contribution is -2.39. The predicted octanol–water partition coefficient (Wildman–Crippen LogP) is 5.44. The monoisotopic (exact) mass is 464 g/mol. The van der Waals surface area contributed by atoms with Crippen molar-refractivity contribution in [3.05, 3.63) is 75.6 Å². The molecule has 8 nitrogen and oxygen atoms in total. The molecule has 4 rings (SSSR count). The molecular formula is C24H28N6O2S. The number of aromatic nitrogens is 3. The number of anilines is 1. The molecule has 1 saturated heterocycles. The molecular weight excluding hydrogens is 436 g/mol. The average molecular weight is 465 g/mol. The second kappa shape index (κ2) is 10.6. The maximum absolute atomic E-state index is 11.4. The van der Waals surface area contributed by atoms with Crippen LogP contribution in [0.2, 0.25) is 0 Å². The number of thioether (sulfide) groups is 1. The van der Waals surface area contributed by atoms with Gasteiger partial charge in [-0.2, -0.15) is 9.78 Å². The third-order valence-corrected chi connectivity index (χ3v) is 6.91. The smallest absolute Gasteiger partial charge is 0.270 e. The van der Waals surface area contributed by atoms with Gasteiger partial charge in [0.2, 0.25) is 5.16 Å². The van der Waals surface area contributed by atoms with Crippen LogP contribution in [-0.2, 0) is 5.75 Å². The fraction of sp³-hybridized carbons (Fsp3) is 0.375. The van der Waals surface area contributed by atoms with Crippen LogP contribution in [0.5, 0.6) is 0 Å². The molecule has 0 N–H and O–H groups in total. The number of nitro groups is 1. The average Bonchev–Trinajstić information content (AvgIpc) is 3.20. The highest BCUT2D eigenvalue weighted by Crippen LogP contribution is 2.31. The van der Waals surface area contributed by atoms with E-state index in [1.807, 2.05) is 31.2 Å². The van der Waals surface area contributed by atoms with Crippen LogP contribution in [0.15, 0.2) is 58.8 Å². The van der Waals surface area contributed by atoms with Crippen LogP contribution >= 0.6 is 11.8 Å². The van der Waals surface area contributed by atoms with E-state index in [0.29, 0.717) is 17.0 Å². The lowest BCUT2D eigenvalue weighted by atomic mass is 9.98. The molecule has 0 aliphatic carbocycles. The summed E-state index contributed by atoms with van der Waals surface area (Å²) < 4.78 is 1.70. The van der Waals surface area contributed by atoms with Crippen LogP contribution in [0, 0.1) is 17.0 Å². The van der Waals surface area contributed by atoms with E-state index < -0.39 is 0 Å². The molecule has 1 aliphatic heterocycles. The van der Waals surface area contributed by atoms with Gasteiger partial charge in [-0.15, -0.1) is 10.2 Å². The van der Waals surface area contributed by atoms with Crippen molar-refractivity contribution in [2.75, 3.05) is 11.4 Å². The van der Waals surface area contributed by atoms with E-state index in [4.69, 9.17) is 0 Å². The molecule has 0 amide bonds. The Kier molecular flexibility index (Phi) is 7.39. The fourth-order valence-corrected chi connectivity index (χ4v) is 5.05. The largest absolute Gasteiger partial charge is 0.368 e. The summed E-state index contributed by atoms with van der Waals surface area (Å²) in [5.74, 6) is 1.42. The van der Waals surface area contributed by atoms with Crippen molar-refractivity contribution in [1.29, 1.82) is 0 Å². The maximum Gasteiger partial charge on any atom is 0.270 e. The molecule has 1 atom stereocenters. The third kappa shape index (κ3) is 5.42.